The summed E-state index contributed by atoms with van der Waals surface area (Å²) in [6.45, 7) is 0.0545. The van der Waals surface area contributed by atoms with Crippen molar-refractivity contribution in [2.45, 2.75) is 42.7 Å². The number of hydrogen-bond donors (Lipinski definition) is 1. The van der Waals surface area contributed by atoms with Gasteiger partial charge in [-0.05, 0) is 86.5 Å². The van der Waals surface area contributed by atoms with Gasteiger partial charge < -0.3 is 9.88 Å². The van der Waals surface area contributed by atoms with Gasteiger partial charge in [-0.1, -0.05) is 42.5 Å². The Morgan fingerprint density at radius 3 is 2.41 bits per heavy atom. The molecule has 3 aromatic carbocycles. The molecule has 4 aromatic rings. The Bertz CT molecular complexity index is 1650. The van der Waals surface area contributed by atoms with Gasteiger partial charge in [0.25, 0.3) is 5.92 Å². The van der Waals surface area contributed by atoms with Gasteiger partial charge in [0.15, 0.2) is 0 Å². The fourth-order valence-corrected chi connectivity index (χ4v) is 6.98. The summed E-state index contributed by atoms with van der Waals surface area (Å²) in [5.74, 6) is -4.90. The van der Waals surface area contributed by atoms with E-state index in [0.29, 0.717) is 28.5 Å². The van der Waals surface area contributed by atoms with Crippen LogP contribution in [0.2, 0.25) is 0 Å². The largest absolute Gasteiger partial charge is 0.356 e. The first-order valence-corrected chi connectivity index (χ1v) is 13.7. The molecule has 41 heavy (non-hydrogen) atoms. The van der Waals surface area contributed by atoms with Crippen LogP contribution in [0.5, 0.6) is 0 Å². The molecule has 1 aliphatic carbocycles. The maximum atomic E-state index is 17.2. The van der Waals surface area contributed by atoms with Crippen LogP contribution in [0.1, 0.15) is 41.6 Å². The Morgan fingerprint density at radius 1 is 0.951 bits per heavy atom. The quantitative estimate of drug-likeness (QED) is 0.215. The molecule has 6 rings (SSSR count). The Kier molecular flexibility index (Phi) is 6.57. The first-order valence-electron chi connectivity index (χ1n) is 13.7. The maximum Gasteiger partial charge on any atom is 0.278 e. The van der Waals surface area contributed by atoms with Gasteiger partial charge in [-0.15, -0.1) is 0 Å². The number of nitrogens with zero attached hydrogens (tertiary/aromatic N) is 2. The van der Waals surface area contributed by atoms with E-state index in [1.807, 2.05) is 30.3 Å². The predicted molar refractivity (Wildman–Crippen MR) is 151 cm³/mol. The molecular formula is C33H31F4N3O. The van der Waals surface area contributed by atoms with Crippen molar-refractivity contribution in [2.24, 2.45) is 0 Å². The summed E-state index contributed by atoms with van der Waals surface area (Å²) >= 11 is 0. The minimum Gasteiger partial charge on any atom is -0.356 e. The number of benzene rings is 3. The van der Waals surface area contributed by atoms with E-state index in [1.54, 1.807) is 37.2 Å². The van der Waals surface area contributed by atoms with Crippen LogP contribution in [-0.2, 0) is 22.3 Å². The lowest BCUT2D eigenvalue weighted by atomic mass is 9.63. The first-order chi connectivity index (χ1) is 19.6. The molecule has 4 nitrogen and oxygen atoms in total. The number of alkyl halides is 2. The number of nitrogens with one attached hydrogen (secondary N) is 1. The van der Waals surface area contributed by atoms with Crippen LogP contribution in [-0.4, -0.2) is 47.3 Å². The molecule has 2 aliphatic rings. The minimum atomic E-state index is -3.44. The highest BCUT2D eigenvalue weighted by Gasteiger charge is 2.68. The van der Waals surface area contributed by atoms with Crippen LogP contribution in [0, 0.1) is 11.6 Å². The van der Waals surface area contributed by atoms with Crippen LogP contribution in [0.4, 0.5) is 17.6 Å². The standard InChI is InChI=1S/C33H31F4N3O/c1-39(2)31(23-9-6-10-24(34)19-23)16-17-32(33(36,37)21-31)30-26(27-20-25(35)12-13-28(27)38-30)15-18-40(32)29(41)14-11-22-7-4-3-5-8-22/h3-14,19-20,38H,15-18,21H2,1-2H3/b14-11+. The monoisotopic (exact) mass is 561 g/mol. The van der Waals surface area contributed by atoms with Crippen molar-refractivity contribution >= 4 is 22.9 Å². The second kappa shape index (κ2) is 9.87. The lowest BCUT2D eigenvalue weighted by molar-refractivity contribution is -0.211. The Hall–Kier alpha value is -3.91. The second-order valence-electron chi connectivity index (χ2n) is 11.3. The molecule has 0 saturated heterocycles. The van der Waals surface area contributed by atoms with Gasteiger partial charge in [0, 0.05) is 29.9 Å². The van der Waals surface area contributed by atoms with E-state index in [-0.39, 0.29) is 25.1 Å². The molecule has 1 aromatic heterocycles. The molecule has 1 N–H and O–H groups in total. The summed E-state index contributed by atoms with van der Waals surface area (Å²) in [4.78, 5) is 20.0. The fraction of sp³-hybridized carbons (Fsp3) is 0.303. The fourth-order valence-electron chi connectivity index (χ4n) is 6.98. The van der Waals surface area contributed by atoms with Gasteiger partial charge >= 0.3 is 0 Å². The van der Waals surface area contributed by atoms with Crippen LogP contribution in [0.25, 0.3) is 17.0 Å². The molecule has 1 fully saturated rings. The van der Waals surface area contributed by atoms with E-state index in [0.717, 1.165) is 5.56 Å². The highest BCUT2D eigenvalue weighted by atomic mass is 19.3. The molecular weight excluding hydrogens is 530 g/mol. The average molecular weight is 562 g/mol. The van der Waals surface area contributed by atoms with E-state index in [4.69, 9.17) is 0 Å². The van der Waals surface area contributed by atoms with Crippen LogP contribution in [0.3, 0.4) is 0 Å². The summed E-state index contributed by atoms with van der Waals surface area (Å²) in [6, 6.07) is 19.2. The molecule has 1 saturated carbocycles. The topological polar surface area (TPSA) is 39.3 Å². The van der Waals surface area contributed by atoms with Crippen LogP contribution in [0.15, 0.2) is 78.9 Å². The molecule has 0 radical (unpaired) electrons. The number of carbonyl (C=O) groups is 1. The number of hydrogen-bond acceptors (Lipinski definition) is 2. The summed E-state index contributed by atoms with van der Waals surface area (Å²) < 4.78 is 63.0. The minimum absolute atomic E-state index is 0.0545. The predicted octanol–water partition coefficient (Wildman–Crippen LogP) is 7.02. The Labute approximate surface area is 236 Å². The number of amides is 1. The lowest BCUT2D eigenvalue weighted by Gasteiger charge is -2.58. The van der Waals surface area contributed by atoms with Crippen molar-refractivity contribution in [1.29, 1.82) is 0 Å². The van der Waals surface area contributed by atoms with Gasteiger partial charge in [0.05, 0.1) is 11.2 Å². The van der Waals surface area contributed by atoms with Crippen LogP contribution >= 0.6 is 0 Å². The molecule has 1 aliphatic heterocycles. The highest BCUT2D eigenvalue weighted by molar-refractivity contribution is 5.94. The van der Waals surface area contributed by atoms with Crippen molar-refractivity contribution in [3.63, 3.8) is 0 Å². The number of aromatic amines is 1. The van der Waals surface area contributed by atoms with E-state index in [9.17, 15) is 13.6 Å². The van der Waals surface area contributed by atoms with Crippen molar-refractivity contribution in [1.82, 2.24) is 14.8 Å². The zero-order valence-corrected chi connectivity index (χ0v) is 22.9. The molecule has 1 amide bonds. The van der Waals surface area contributed by atoms with Gasteiger partial charge in [-0.25, -0.2) is 17.6 Å². The third-order valence-corrected chi connectivity index (χ3v) is 9.05. The third kappa shape index (κ3) is 4.27. The highest BCUT2D eigenvalue weighted by Crippen LogP contribution is 2.60. The van der Waals surface area contributed by atoms with E-state index >= 15 is 8.78 Å². The molecule has 2 unspecified atom stereocenters. The van der Waals surface area contributed by atoms with Gasteiger partial charge in [-0.2, -0.15) is 0 Å². The van der Waals surface area contributed by atoms with Crippen molar-refractivity contribution in [2.75, 3.05) is 20.6 Å². The molecule has 1 spiro atoms. The zero-order valence-electron chi connectivity index (χ0n) is 22.9. The molecule has 2 heterocycles. The normalized spacial score (nSPS) is 23.9. The number of H-pyrrole nitrogens is 1. The summed E-state index contributed by atoms with van der Waals surface area (Å²) in [5, 5.41) is 0.552. The van der Waals surface area contributed by atoms with Crippen molar-refractivity contribution in [3.8, 4) is 0 Å². The van der Waals surface area contributed by atoms with Gasteiger partial charge in [0.2, 0.25) is 5.91 Å². The molecule has 2 atom stereocenters. The smallest absolute Gasteiger partial charge is 0.278 e. The average Bonchev–Trinajstić information content (AvgIpc) is 3.32. The first kappa shape index (κ1) is 27.3. The second-order valence-corrected chi connectivity index (χ2v) is 11.3. The molecule has 8 heteroatoms. The van der Waals surface area contributed by atoms with Gasteiger partial charge in [-0.3, -0.25) is 9.69 Å². The van der Waals surface area contributed by atoms with Crippen LogP contribution < -0.4 is 0 Å². The van der Waals surface area contributed by atoms with E-state index in [1.165, 1.54) is 41.3 Å². The Balaban J connectivity index is 1.51. The molecule has 0 bridgehead atoms. The van der Waals surface area contributed by atoms with Gasteiger partial charge in [0.1, 0.15) is 17.2 Å². The lowest BCUT2D eigenvalue weighted by Crippen LogP contribution is -2.67. The summed E-state index contributed by atoms with van der Waals surface area (Å²) in [5.41, 5.74) is -0.506. The van der Waals surface area contributed by atoms with E-state index in [2.05, 4.69) is 4.98 Å². The number of fused-ring (bicyclic) bond motifs is 4. The summed E-state index contributed by atoms with van der Waals surface area (Å²) in [6.07, 6.45) is 2.82. The number of halogens is 4. The third-order valence-electron chi connectivity index (χ3n) is 9.05. The number of rotatable bonds is 4. The van der Waals surface area contributed by atoms with Crippen molar-refractivity contribution < 1.29 is 22.4 Å². The SMILES string of the molecule is CN(C)C1(c2cccc(F)c2)CCC2(c3[nH]c4ccc(F)cc4c3CCN2C(=O)/C=C/c2ccccc2)C(F)(F)C1. The molecule has 212 valence electrons. The Morgan fingerprint density at radius 2 is 1.71 bits per heavy atom. The van der Waals surface area contributed by atoms with Crippen molar-refractivity contribution in [3.05, 3.63) is 113 Å². The number of carbonyl (C=O) groups excluding carboxylic acids is 1. The maximum absolute atomic E-state index is 17.2. The zero-order chi connectivity index (χ0) is 29.0. The number of aromatic nitrogens is 1. The van der Waals surface area contributed by atoms with E-state index < -0.39 is 41.0 Å². The summed E-state index contributed by atoms with van der Waals surface area (Å²) in [7, 11) is 3.45.